The van der Waals surface area contributed by atoms with Gasteiger partial charge < -0.3 is 30.3 Å². The fraction of sp³-hybridized carbons (Fsp3) is 0.274. The number of aliphatic hydroxyl groups excluding tert-OH is 1. The van der Waals surface area contributed by atoms with Gasteiger partial charge in [0.25, 0.3) is 56.3 Å². The molecule has 108 heavy (non-hydrogen) atoms. The number of pyridine rings is 1. The summed E-state index contributed by atoms with van der Waals surface area (Å²) in [6.45, 7) is 4.07. The second kappa shape index (κ2) is 35.4. The smallest absolute Gasteiger partial charge is 0.297 e. The molecule has 0 atom stereocenters. The average Bonchev–Trinajstić information content (AvgIpc) is 1.58. The minimum atomic E-state index is -5.11. The Hall–Kier alpha value is -9.87. The molecule has 570 valence electrons. The van der Waals surface area contributed by atoms with Crippen LogP contribution in [0.3, 0.4) is 0 Å². The number of nitro benzene ring substituents is 1. The third-order valence-corrected chi connectivity index (χ3v) is 22.2. The molecule has 0 bridgehead atoms. The van der Waals surface area contributed by atoms with Gasteiger partial charge in [-0.1, -0.05) is 23.9 Å². The molecule has 0 saturated carbocycles. The van der Waals surface area contributed by atoms with Crippen molar-refractivity contribution < 1.29 is 89.5 Å². The molecule has 0 saturated heterocycles. The third-order valence-electron chi connectivity index (χ3n) is 14.9. The number of aromatic hydroxyl groups is 1. The van der Waals surface area contributed by atoms with E-state index in [9.17, 15) is 90.4 Å². The molecule has 46 heteroatoms. The largest absolute Gasteiger partial charge is 0.497 e. The van der Waals surface area contributed by atoms with Gasteiger partial charge in [-0.3, -0.25) is 37.3 Å². The number of imidazole rings is 1. The van der Waals surface area contributed by atoms with E-state index in [0.717, 1.165) is 47.4 Å². The van der Waals surface area contributed by atoms with Crippen molar-refractivity contribution in [1.29, 1.82) is 5.26 Å². The predicted molar refractivity (Wildman–Crippen MR) is 399 cm³/mol. The fourth-order valence-corrected chi connectivity index (χ4v) is 15.6. The maximum Gasteiger partial charge on any atom is 0.297 e. The highest BCUT2D eigenvalue weighted by molar-refractivity contribution is 8.00. The number of azo groups is 4. The Balaban J connectivity index is 1.21. The van der Waals surface area contributed by atoms with Crippen molar-refractivity contribution >= 4 is 177 Å². The monoisotopic (exact) mass is 1640 g/mol. The lowest BCUT2D eigenvalue weighted by Crippen LogP contribution is -2.08. The number of hydrogen-bond donors (Lipinski definition) is 9. The standard InChI is InChI=1S/C62H63N17O21S8/c1-35-25-49(74-77-57-37(3)42(33-63)58-65-48-28-41(99-4)14-16-52(48)78(58)59(57)81)53(100-17-5-21-104(84,85)86)30-44(35)71-76-51-29-46(66-61-67-60(64-39-11-9-38(34-80)10-12-39)68-62(69-61)103-20-8-24-107(93,94)95)47(32-55(51)102-19-7-23-106(90,91)92)73-75-50-26-36(2)45(31-54(50)101-18-6-22-105(87,88)89)72-70-43-15-13-40(79(82)83)27-56(43)108(96,97)98/h9-16,25-32,80-81H,5-8,17-24,34H2,1-4H3,(H,84,85,86)(H,87,88,89)(H,90,91,92)(H,93,94,95)(H,96,97,98)(H2,64,66,67,68,69). The number of anilines is 4. The van der Waals surface area contributed by atoms with Gasteiger partial charge in [0.15, 0.2) is 16.5 Å². The Morgan fingerprint density at radius 1 is 0.583 bits per heavy atom. The lowest BCUT2D eigenvalue weighted by Gasteiger charge is -2.14. The normalized spacial score (nSPS) is 12.5. The Bertz CT molecular complexity index is 5730. The Kier molecular flexibility index (Phi) is 27.0. The number of nitrogens with zero attached hydrogens (tertiary/aromatic N) is 15. The molecular formula is C62H63N17O21S8. The van der Waals surface area contributed by atoms with E-state index in [1.165, 1.54) is 54.8 Å². The number of nitriles is 1. The number of non-ortho nitro benzene ring substituents is 1. The van der Waals surface area contributed by atoms with Gasteiger partial charge >= 0.3 is 0 Å². The molecule has 0 aliphatic carbocycles. The van der Waals surface area contributed by atoms with Crippen LogP contribution in [0, 0.1) is 42.2 Å². The number of methoxy groups -OCH3 is 1. The third kappa shape index (κ3) is 23.1. The van der Waals surface area contributed by atoms with Crippen molar-refractivity contribution in [3.8, 4) is 23.4 Å². The predicted octanol–water partition coefficient (Wildman–Crippen LogP) is 13.7. The molecule has 3 heterocycles. The number of nitro groups is 1. The molecule has 0 unspecified atom stereocenters. The fourth-order valence-electron chi connectivity index (χ4n) is 9.73. The summed E-state index contributed by atoms with van der Waals surface area (Å²) in [7, 11) is -21.4. The highest BCUT2D eigenvalue weighted by atomic mass is 32.2. The molecule has 0 aliphatic heterocycles. The van der Waals surface area contributed by atoms with Crippen LogP contribution in [0.4, 0.5) is 74.5 Å². The molecule has 0 fully saturated rings. The number of ether oxygens (including phenoxy) is 2. The quantitative estimate of drug-likeness (QED) is 0.00440. The number of aryl methyl sites for hydroxylation is 2. The number of rotatable bonds is 36. The van der Waals surface area contributed by atoms with E-state index in [0.29, 0.717) is 39.7 Å². The first-order valence-corrected chi connectivity index (χ1v) is 42.1. The van der Waals surface area contributed by atoms with Gasteiger partial charge in [-0.15, -0.1) is 54.2 Å². The zero-order valence-corrected chi connectivity index (χ0v) is 63.3. The first-order chi connectivity index (χ1) is 50.9. The van der Waals surface area contributed by atoms with Gasteiger partial charge in [0.2, 0.25) is 17.8 Å². The van der Waals surface area contributed by atoms with Crippen molar-refractivity contribution in [2.75, 3.05) is 64.6 Å². The zero-order valence-electron chi connectivity index (χ0n) is 56.8. The summed E-state index contributed by atoms with van der Waals surface area (Å²) < 4.78 is 181. The zero-order chi connectivity index (χ0) is 78.5. The van der Waals surface area contributed by atoms with Crippen molar-refractivity contribution in [3.05, 3.63) is 135 Å². The molecule has 3 aromatic heterocycles. The van der Waals surface area contributed by atoms with Crippen LogP contribution < -0.4 is 20.1 Å². The first kappa shape index (κ1) is 82.2. The summed E-state index contributed by atoms with van der Waals surface area (Å²) in [6.07, 6.45) is -0.518. The van der Waals surface area contributed by atoms with Crippen LogP contribution in [-0.4, -0.2) is 158 Å². The van der Waals surface area contributed by atoms with Crippen LogP contribution in [0.1, 0.15) is 53.5 Å². The van der Waals surface area contributed by atoms with Gasteiger partial charge in [-0.2, -0.15) is 72.5 Å². The van der Waals surface area contributed by atoms with Crippen LogP contribution in [-0.2, 0) is 57.2 Å². The summed E-state index contributed by atoms with van der Waals surface area (Å²) >= 11 is 3.01. The van der Waals surface area contributed by atoms with E-state index in [4.69, 9.17) is 9.47 Å². The summed E-state index contributed by atoms with van der Waals surface area (Å²) in [5.41, 5.74) is 1.56. The van der Waals surface area contributed by atoms with E-state index in [1.54, 1.807) is 56.3 Å². The van der Waals surface area contributed by atoms with Gasteiger partial charge in [-0.25, -0.2) is 4.98 Å². The van der Waals surface area contributed by atoms with E-state index < -0.39 is 101 Å². The van der Waals surface area contributed by atoms with Crippen LogP contribution in [0.5, 0.6) is 17.4 Å². The molecule has 0 aliphatic rings. The SMILES string of the molecule is COc1ccc2c(c1)nc1c(C#N)c(C)c(N=Nc3cc(C)c(N=Nc4cc(Nc5nc(Nc6ccc(CO)cc6)nc(SCCCS(=O)(=O)O)n5)c(N=Nc5cc(C)c(N=Nc6ccc([N+](=O)[O-])cc6S(=O)(=O)O)cc5SCCCS(=O)(=O)O)cc4SCCCS(=O)(=O)O)cc3OCCCS(=O)(=O)O)c(O)n12. The van der Waals surface area contributed by atoms with Crippen LogP contribution in [0.2, 0.25) is 0 Å². The summed E-state index contributed by atoms with van der Waals surface area (Å²) in [6, 6.07) is 24.5. The van der Waals surface area contributed by atoms with Gasteiger partial charge in [0.1, 0.15) is 50.8 Å². The highest BCUT2D eigenvalue weighted by Gasteiger charge is 2.25. The number of nitrogens with one attached hydrogen (secondary N) is 2. The number of fused-ring (bicyclic) bond motifs is 3. The number of aromatic nitrogens is 5. The lowest BCUT2D eigenvalue weighted by atomic mass is 10.1. The first-order valence-electron chi connectivity index (χ1n) is 31.3. The van der Waals surface area contributed by atoms with Crippen LogP contribution in [0.25, 0.3) is 16.7 Å². The van der Waals surface area contributed by atoms with Gasteiger partial charge in [0, 0.05) is 51.1 Å². The molecule has 6 aromatic carbocycles. The number of thioether (sulfide) groups is 3. The van der Waals surface area contributed by atoms with Crippen molar-refractivity contribution in [2.45, 2.75) is 72.9 Å². The molecule has 0 spiro atoms. The van der Waals surface area contributed by atoms with Gasteiger partial charge in [-0.05, 0) is 135 Å². The molecule has 0 amide bonds. The Labute approximate surface area is 628 Å². The Morgan fingerprint density at radius 2 is 1.11 bits per heavy atom. The summed E-state index contributed by atoms with van der Waals surface area (Å²) in [4.78, 5) is 28.4. The molecule has 9 aromatic rings. The van der Waals surface area contributed by atoms with Crippen LogP contribution in [0.15, 0.2) is 158 Å². The van der Waals surface area contributed by atoms with E-state index in [2.05, 4.69) is 77.6 Å². The van der Waals surface area contributed by atoms with E-state index in [1.807, 2.05) is 0 Å². The molecule has 9 N–H and O–H groups in total. The second-order valence-corrected chi connectivity index (χ2v) is 34.0. The Morgan fingerprint density at radius 3 is 1.69 bits per heavy atom. The van der Waals surface area contributed by atoms with Gasteiger partial charge in [0.05, 0.1) is 82.0 Å². The topological polar surface area (TPSA) is 577 Å². The molecule has 0 radical (unpaired) electrons. The summed E-state index contributed by atoms with van der Waals surface area (Å²) in [5.74, 6) is -2.94. The minimum absolute atomic E-state index is 0.00604. The molecule has 38 nitrogen and oxygen atoms in total. The minimum Gasteiger partial charge on any atom is -0.497 e. The number of aliphatic hydroxyl groups is 1. The second-order valence-electron chi connectivity index (χ2n) is 23.0. The van der Waals surface area contributed by atoms with Crippen LogP contribution >= 0.6 is 35.3 Å². The maximum atomic E-state index is 12.4. The van der Waals surface area contributed by atoms with E-state index >= 15 is 0 Å². The molecule has 9 rings (SSSR count). The number of benzene rings is 6. The van der Waals surface area contributed by atoms with Crippen molar-refractivity contribution in [1.82, 2.24) is 24.3 Å². The highest BCUT2D eigenvalue weighted by Crippen LogP contribution is 2.46. The van der Waals surface area contributed by atoms with Crippen molar-refractivity contribution in [2.24, 2.45) is 40.9 Å². The summed E-state index contributed by atoms with van der Waals surface area (Å²) in [5, 5.41) is 85.3. The molecular weight excluding hydrogens is 1580 g/mol. The van der Waals surface area contributed by atoms with E-state index in [-0.39, 0.29) is 157 Å². The number of hydrogen-bond acceptors (Lipinski definition) is 34. The average molecular weight is 1640 g/mol. The van der Waals surface area contributed by atoms with Crippen molar-refractivity contribution in [3.63, 3.8) is 0 Å². The maximum absolute atomic E-state index is 12.4. The lowest BCUT2D eigenvalue weighted by molar-refractivity contribution is -0.385.